The van der Waals surface area contributed by atoms with E-state index >= 15 is 0 Å². The summed E-state index contributed by atoms with van der Waals surface area (Å²) in [5, 5.41) is 7.50. The molecular weight excluding hydrogens is 214 g/mol. The van der Waals surface area contributed by atoms with E-state index in [-0.39, 0.29) is 0 Å². The number of nitrogens with one attached hydrogen (secondary N) is 1. The number of hydrogen-bond donors (Lipinski definition) is 1. The van der Waals surface area contributed by atoms with Crippen LogP contribution in [0.5, 0.6) is 0 Å². The van der Waals surface area contributed by atoms with Crippen LogP contribution in [0.15, 0.2) is 24.7 Å². The zero-order valence-electron chi connectivity index (χ0n) is 10.6. The van der Waals surface area contributed by atoms with E-state index in [2.05, 4.69) is 33.8 Å². The smallest absolute Gasteiger partial charge is 0.203 e. The van der Waals surface area contributed by atoms with Crippen LogP contribution in [0, 0.1) is 0 Å². The van der Waals surface area contributed by atoms with Gasteiger partial charge in [0.15, 0.2) is 0 Å². The van der Waals surface area contributed by atoms with Crippen molar-refractivity contribution < 1.29 is 0 Å². The summed E-state index contributed by atoms with van der Waals surface area (Å²) in [6.07, 6.45) is 6.59. The number of nitrogens with zero attached hydrogens (tertiary/aromatic N) is 4. The molecule has 0 atom stereocenters. The molecule has 0 radical (unpaired) electrons. The molecular formula is C12H19N5. The van der Waals surface area contributed by atoms with E-state index in [9.17, 15) is 0 Å². The number of rotatable bonds is 5. The Hall–Kier alpha value is -1.78. The summed E-state index contributed by atoms with van der Waals surface area (Å²) in [6, 6.07) is 2.47. The molecule has 0 aliphatic heterocycles. The van der Waals surface area contributed by atoms with Crippen LogP contribution in [-0.4, -0.2) is 25.9 Å². The van der Waals surface area contributed by atoms with Gasteiger partial charge in [-0.25, -0.2) is 4.98 Å². The lowest BCUT2D eigenvalue weighted by Crippen LogP contribution is -2.13. The molecule has 0 aliphatic carbocycles. The topological polar surface area (TPSA) is 47.7 Å². The predicted molar refractivity (Wildman–Crippen MR) is 68.0 cm³/mol. The van der Waals surface area contributed by atoms with Gasteiger partial charge in [-0.2, -0.15) is 5.10 Å². The molecule has 0 bridgehead atoms. The van der Waals surface area contributed by atoms with E-state index in [1.807, 2.05) is 36.4 Å². The van der Waals surface area contributed by atoms with Crippen LogP contribution in [0.4, 0.5) is 5.95 Å². The minimum Gasteiger partial charge on any atom is -0.355 e. The first-order valence-corrected chi connectivity index (χ1v) is 5.92. The summed E-state index contributed by atoms with van der Waals surface area (Å²) in [5.41, 5.74) is 1.22. The van der Waals surface area contributed by atoms with Crippen LogP contribution in [0.1, 0.15) is 25.6 Å². The molecule has 92 valence electrons. The van der Waals surface area contributed by atoms with Gasteiger partial charge in [0.25, 0.3) is 0 Å². The van der Waals surface area contributed by atoms with E-state index in [1.165, 1.54) is 5.69 Å². The van der Waals surface area contributed by atoms with Crippen molar-refractivity contribution >= 4 is 5.95 Å². The molecule has 2 aromatic heterocycles. The zero-order valence-corrected chi connectivity index (χ0v) is 10.6. The number of aryl methyl sites for hydroxylation is 1. The van der Waals surface area contributed by atoms with Crippen LogP contribution >= 0.6 is 0 Å². The Morgan fingerprint density at radius 1 is 1.35 bits per heavy atom. The van der Waals surface area contributed by atoms with Gasteiger partial charge in [-0.05, 0) is 19.9 Å². The Bertz CT molecular complexity index is 469. The molecule has 2 aromatic rings. The van der Waals surface area contributed by atoms with Gasteiger partial charge in [0.05, 0.1) is 0 Å². The van der Waals surface area contributed by atoms with Gasteiger partial charge in [-0.3, -0.25) is 4.68 Å². The number of aromatic nitrogens is 4. The van der Waals surface area contributed by atoms with Crippen molar-refractivity contribution in [3.8, 4) is 0 Å². The molecule has 0 saturated heterocycles. The van der Waals surface area contributed by atoms with Crippen LogP contribution in [0.3, 0.4) is 0 Å². The molecule has 0 unspecified atom stereocenters. The summed E-state index contributed by atoms with van der Waals surface area (Å²) in [4.78, 5) is 4.31. The average Bonchev–Trinajstić information content (AvgIpc) is 2.88. The lowest BCUT2D eigenvalue weighted by Gasteiger charge is -2.12. The Morgan fingerprint density at radius 3 is 2.82 bits per heavy atom. The summed E-state index contributed by atoms with van der Waals surface area (Å²) < 4.78 is 4.03. The zero-order chi connectivity index (χ0) is 12.3. The Morgan fingerprint density at radius 2 is 2.18 bits per heavy atom. The molecule has 17 heavy (non-hydrogen) atoms. The van der Waals surface area contributed by atoms with Crippen LogP contribution in [-0.2, 0) is 13.5 Å². The van der Waals surface area contributed by atoms with Crippen molar-refractivity contribution in [2.24, 2.45) is 7.05 Å². The second-order valence-corrected chi connectivity index (χ2v) is 4.37. The maximum Gasteiger partial charge on any atom is 0.203 e. The molecule has 0 fully saturated rings. The normalized spacial score (nSPS) is 11.1. The predicted octanol–water partition coefficient (Wildman–Crippen LogP) is 1.85. The van der Waals surface area contributed by atoms with E-state index in [1.54, 1.807) is 0 Å². The van der Waals surface area contributed by atoms with Crippen molar-refractivity contribution in [2.45, 2.75) is 26.3 Å². The first kappa shape index (κ1) is 11.7. The van der Waals surface area contributed by atoms with Crippen molar-refractivity contribution in [3.05, 3.63) is 30.4 Å². The first-order valence-electron chi connectivity index (χ1n) is 5.92. The summed E-state index contributed by atoms with van der Waals surface area (Å²) >= 11 is 0. The molecule has 1 N–H and O–H groups in total. The van der Waals surface area contributed by atoms with E-state index < -0.39 is 0 Å². The third-order valence-electron chi connectivity index (χ3n) is 2.81. The fourth-order valence-electron chi connectivity index (χ4n) is 1.82. The summed E-state index contributed by atoms with van der Waals surface area (Å²) in [7, 11) is 1.96. The van der Waals surface area contributed by atoms with Crippen LogP contribution < -0.4 is 5.32 Å². The van der Waals surface area contributed by atoms with Gasteiger partial charge < -0.3 is 9.88 Å². The van der Waals surface area contributed by atoms with Crippen molar-refractivity contribution in [2.75, 3.05) is 11.9 Å². The lowest BCUT2D eigenvalue weighted by molar-refractivity contribution is 0.604. The van der Waals surface area contributed by atoms with Gasteiger partial charge in [0, 0.05) is 50.3 Å². The maximum atomic E-state index is 4.31. The molecule has 0 aliphatic rings. The van der Waals surface area contributed by atoms with Crippen LogP contribution in [0.2, 0.25) is 0 Å². The minimum atomic E-state index is 0.428. The van der Waals surface area contributed by atoms with E-state index in [0.717, 1.165) is 18.9 Å². The Kier molecular flexibility index (Phi) is 3.46. The van der Waals surface area contributed by atoms with Gasteiger partial charge in [-0.15, -0.1) is 0 Å². The molecule has 0 aromatic carbocycles. The van der Waals surface area contributed by atoms with Crippen LogP contribution in [0.25, 0.3) is 0 Å². The van der Waals surface area contributed by atoms with E-state index in [4.69, 9.17) is 0 Å². The Labute approximate surface area is 101 Å². The summed E-state index contributed by atoms with van der Waals surface area (Å²) in [6.45, 7) is 5.16. The third-order valence-corrected chi connectivity index (χ3v) is 2.81. The summed E-state index contributed by atoms with van der Waals surface area (Å²) in [5.74, 6) is 0.933. The molecule has 2 rings (SSSR count). The molecule has 2 heterocycles. The number of imidazole rings is 1. The standard InChI is InChI=1S/C12H19N5/c1-10(2)17-9-8-14-12(17)13-6-4-11-5-7-15-16(11)3/h5,7-10H,4,6H2,1-3H3,(H,13,14). The molecule has 0 amide bonds. The highest BCUT2D eigenvalue weighted by Crippen LogP contribution is 2.12. The molecule has 0 spiro atoms. The Balaban J connectivity index is 1.90. The van der Waals surface area contributed by atoms with Gasteiger partial charge in [-0.1, -0.05) is 0 Å². The van der Waals surface area contributed by atoms with Gasteiger partial charge in [0.1, 0.15) is 0 Å². The highest BCUT2D eigenvalue weighted by Gasteiger charge is 2.05. The van der Waals surface area contributed by atoms with Crippen molar-refractivity contribution in [1.29, 1.82) is 0 Å². The number of hydrogen-bond acceptors (Lipinski definition) is 3. The fraction of sp³-hybridized carbons (Fsp3) is 0.500. The molecule has 0 saturated carbocycles. The highest BCUT2D eigenvalue weighted by atomic mass is 15.3. The fourth-order valence-corrected chi connectivity index (χ4v) is 1.82. The monoisotopic (exact) mass is 233 g/mol. The van der Waals surface area contributed by atoms with Gasteiger partial charge in [0.2, 0.25) is 5.95 Å². The van der Waals surface area contributed by atoms with Crippen molar-refractivity contribution in [3.63, 3.8) is 0 Å². The quantitative estimate of drug-likeness (QED) is 0.857. The lowest BCUT2D eigenvalue weighted by atomic mass is 10.3. The van der Waals surface area contributed by atoms with E-state index in [0.29, 0.717) is 6.04 Å². The minimum absolute atomic E-state index is 0.428. The first-order chi connectivity index (χ1) is 8.18. The largest absolute Gasteiger partial charge is 0.355 e. The molecule has 5 nitrogen and oxygen atoms in total. The van der Waals surface area contributed by atoms with Gasteiger partial charge >= 0.3 is 0 Å². The average molecular weight is 233 g/mol. The van der Waals surface area contributed by atoms with Crippen molar-refractivity contribution in [1.82, 2.24) is 19.3 Å². The second-order valence-electron chi connectivity index (χ2n) is 4.37. The second kappa shape index (κ2) is 5.03. The number of anilines is 1. The maximum absolute atomic E-state index is 4.31. The highest BCUT2D eigenvalue weighted by molar-refractivity contribution is 5.26. The third kappa shape index (κ3) is 2.67. The molecule has 5 heteroatoms. The SMILES string of the molecule is CC(C)n1ccnc1NCCc1ccnn1C.